The van der Waals surface area contributed by atoms with Crippen molar-refractivity contribution in [3.63, 3.8) is 0 Å². The molecule has 118 valence electrons. The summed E-state index contributed by atoms with van der Waals surface area (Å²) in [7, 11) is 1.56. The molecule has 1 aromatic heterocycles. The number of amides is 2. The number of carbonyl (C=O) groups excluding carboxylic acids is 2. The van der Waals surface area contributed by atoms with Gasteiger partial charge in [-0.1, -0.05) is 6.92 Å². The van der Waals surface area contributed by atoms with Gasteiger partial charge in [0.15, 0.2) is 13.1 Å². The van der Waals surface area contributed by atoms with Crippen molar-refractivity contribution in [3.05, 3.63) is 16.0 Å². The largest absolute Gasteiger partial charge is 0.354 e. The summed E-state index contributed by atoms with van der Waals surface area (Å²) in [4.78, 5) is 24.3. The van der Waals surface area contributed by atoms with E-state index in [1.807, 2.05) is 0 Å². The van der Waals surface area contributed by atoms with Crippen LogP contribution < -0.4 is 16.0 Å². The van der Waals surface area contributed by atoms with Gasteiger partial charge in [0.25, 0.3) is 11.8 Å². The van der Waals surface area contributed by atoms with Gasteiger partial charge in [-0.05, 0) is 30.7 Å². The molecule has 0 aromatic carbocycles. The first-order valence-corrected chi connectivity index (χ1v) is 8.23. The topological polar surface area (TPSA) is 98.6 Å². The Morgan fingerprint density at radius 3 is 2.82 bits per heavy atom. The first-order chi connectivity index (χ1) is 10.5. The van der Waals surface area contributed by atoms with Crippen LogP contribution in [0.25, 0.3) is 0 Å². The van der Waals surface area contributed by atoms with Crippen LogP contribution >= 0.6 is 11.3 Å². The van der Waals surface area contributed by atoms with Crippen LogP contribution in [0.5, 0.6) is 0 Å². The molecule has 0 fully saturated rings. The summed E-state index contributed by atoms with van der Waals surface area (Å²) >= 11 is 1.52. The standard InChI is InChI=1S/C15H20N4O2S/c1-9-3-4-10-11(6-16)15(22-12(10)5-9)19-14(21)8-18-7-13(20)17-2/h9,18H,3-5,7-8H2,1-2H3,(H,17,20)(H,19,21)/p+1/t9-/m1/s1. The number of nitrogens with two attached hydrogens (primary N) is 1. The zero-order valence-electron chi connectivity index (χ0n) is 12.9. The number of hydrogen-bond acceptors (Lipinski definition) is 4. The molecule has 4 N–H and O–H groups in total. The lowest BCUT2D eigenvalue weighted by Gasteiger charge is -2.17. The molecule has 0 saturated heterocycles. The maximum atomic E-state index is 12.0. The van der Waals surface area contributed by atoms with Gasteiger partial charge in [0.1, 0.15) is 11.1 Å². The number of nitriles is 1. The predicted molar refractivity (Wildman–Crippen MR) is 84.6 cm³/mol. The summed E-state index contributed by atoms with van der Waals surface area (Å²) in [5, 5.41) is 17.0. The molecular weight excluding hydrogens is 300 g/mol. The highest BCUT2D eigenvalue weighted by molar-refractivity contribution is 7.16. The number of quaternary nitrogens is 1. The summed E-state index contributed by atoms with van der Waals surface area (Å²) in [6.07, 6.45) is 2.98. The Morgan fingerprint density at radius 1 is 1.41 bits per heavy atom. The monoisotopic (exact) mass is 321 g/mol. The molecule has 1 aliphatic rings. The van der Waals surface area contributed by atoms with Gasteiger partial charge in [0.05, 0.1) is 5.56 Å². The molecular formula is C15H21N4O2S+. The number of likely N-dealkylation sites (N-methyl/N-ethyl adjacent to an activating group) is 1. The van der Waals surface area contributed by atoms with Gasteiger partial charge in [-0.25, -0.2) is 0 Å². The van der Waals surface area contributed by atoms with E-state index in [1.54, 1.807) is 12.4 Å². The van der Waals surface area contributed by atoms with Gasteiger partial charge in [-0.3, -0.25) is 9.59 Å². The first kappa shape index (κ1) is 16.5. The van der Waals surface area contributed by atoms with E-state index in [1.165, 1.54) is 16.2 Å². The number of hydrogen-bond donors (Lipinski definition) is 3. The van der Waals surface area contributed by atoms with Crippen molar-refractivity contribution in [1.82, 2.24) is 5.32 Å². The summed E-state index contributed by atoms with van der Waals surface area (Å²) in [6.45, 7) is 2.59. The van der Waals surface area contributed by atoms with Crippen LogP contribution in [-0.4, -0.2) is 32.0 Å². The van der Waals surface area contributed by atoms with Gasteiger partial charge in [-0.2, -0.15) is 5.26 Å². The fraction of sp³-hybridized carbons (Fsp3) is 0.533. The second-order valence-electron chi connectivity index (χ2n) is 5.59. The first-order valence-electron chi connectivity index (χ1n) is 7.41. The van der Waals surface area contributed by atoms with Crippen molar-refractivity contribution in [2.45, 2.75) is 26.2 Å². The van der Waals surface area contributed by atoms with Crippen LogP contribution in [0.2, 0.25) is 0 Å². The molecule has 6 nitrogen and oxygen atoms in total. The lowest BCUT2D eigenvalue weighted by molar-refractivity contribution is -0.632. The number of nitrogens with one attached hydrogen (secondary N) is 2. The number of anilines is 1. The molecule has 2 rings (SSSR count). The zero-order chi connectivity index (χ0) is 16.1. The average molecular weight is 321 g/mol. The minimum absolute atomic E-state index is 0.119. The highest BCUT2D eigenvalue weighted by atomic mass is 32.1. The van der Waals surface area contributed by atoms with Gasteiger partial charge in [0.2, 0.25) is 0 Å². The normalized spacial score (nSPS) is 16.5. The van der Waals surface area contributed by atoms with Crippen LogP contribution in [0.15, 0.2) is 0 Å². The lowest BCUT2D eigenvalue weighted by Crippen LogP contribution is -2.88. The Balaban J connectivity index is 1.99. The van der Waals surface area contributed by atoms with Crippen LogP contribution in [0.3, 0.4) is 0 Å². The van der Waals surface area contributed by atoms with E-state index in [4.69, 9.17) is 0 Å². The van der Waals surface area contributed by atoms with Gasteiger partial charge in [0, 0.05) is 11.9 Å². The van der Waals surface area contributed by atoms with Gasteiger partial charge in [-0.15, -0.1) is 11.3 Å². The molecule has 0 radical (unpaired) electrons. The zero-order valence-corrected chi connectivity index (χ0v) is 13.7. The van der Waals surface area contributed by atoms with Crippen LogP contribution in [-0.2, 0) is 22.4 Å². The number of fused-ring (bicyclic) bond motifs is 1. The number of rotatable bonds is 5. The number of carbonyl (C=O) groups is 2. The molecule has 22 heavy (non-hydrogen) atoms. The van der Waals surface area contributed by atoms with E-state index in [-0.39, 0.29) is 24.9 Å². The maximum absolute atomic E-state index is 12.0. The van der Waals surface area contributed by atoms with E-state index in [2.05, 4.69) is 23.6 Å². The molecule has 1 aromatic rings. The van der Waals surface area contributed by atoms with E-state index in [0.717, 1.165) is 24.8 Å². The second kappa shape index (κ2) is 7.38. The fourth-order valence-corrected chi connectivity index (χ4v) is 3.95. The molecule has 1 heterocycles. The Labute approximate surface area is 133 Å². The molecule has 2 amide bonds. The van der Waals surface area contributed by atoms with Crippen molar-refractivity contribution in [3.8, 4) is 6.07 Å². The van der Waals surface area contributed by atoms with Crippen molar-refractivity contribution >= 4 is 28.2 Å². The SMILES string of the molecule is CNC(=O)C[NH2+]CC(=O)Nc1sc2c(c1C#N)CC[C@@H](C)C2. The van der Waals surface area contributed by atoms with Crippen LogP contribution in [0, 0.1) is 17.2 Å². The maximum Gasteiger partial charge on any atom is 0.280 e. The van der Waals surface area contributed by atoms with Crippen molar-refractivity contribution < 1.29 is 14.9 Å². The number of nitrogens with zero attached hydrogens (tertiary/aromatic N) is 1. The Bertz CT molecular complexity index is 618. The summed E-state index contributed by atoms with van der Waals surface area (Å²) in [5.41, 5.74) is 1.72. The Hall–Kier alpha value is -1.91. The minimum atomic E-state index is -0.188. The third-order valence-corrected chi connectivity index (χ3v) is 4.98. The molecule has 7 heteroatoms. The molecule has 0 saturated carbocycles. The van der Waals surface area contributed by atoms with Crippen molar-refractivity contribution in [1.29, 1.82) is 5.26 Å². The van der Waals surface area contributed by atoms with E-state index < -0.39 is 0 Å². The van der Waals surface area contributed by atoms with E-state index in [9.17, 15) is 14.9 Å². The third-order valence-electron chi connectivity index (χ3n) is 3.81. The summed E-state index contributed by atoms with van der Waals surface area (Å²) in [5.74, 6) is 0.320. The molecule has 0 spiro atoms. The molecule has 0 aliphatic heterocycles. The average Bonchev–Trinajstić information content (AvgIpc) is 2.82. The fourth-order valence-electron chi connectivity index (χ4n) is 2.57. The predicted octanol–water partition coefficient (Wildman–Crippen LogP) is -0.00752. The van der Waals surface area contributed by atoms with E-state index in [0.29, 0.717) is 16.5 Å². The highest BCUT2D eigenvalue weighted by Gasteiger charge is 2.24. The third kappa shape index (κ3) is 3.84. The smallest absolute Gasteiger partial charge is 0.280 e. The van der Waals surface area contributed by atoms with Crippen LogP contribution in [0.4, 0.5) is 5.00 Å². The second-order valence-corrected chi connectivity index (χ2v) is 6.69. The van der Waals surface area contributed by atoms with Gasteiger partial charge < -0.3 is 16.0 Å². The quantitative estimate of drug-likeness (QED) is 0.711. The molecule has 1 aliphatic carbocycles. The van der Waals surface area contributed by atoms with Gasteiger partial charge >= 0.3 is 0 Å². The van der Waals surface area contributed by atoms with Crippen molar-refractivity contribution in [2.24, 2.45) is 5.92 Å². The summed E-state index contributed by atoms with van der Waals surface area (Å²) in [6, 6.07) is 2.23. The number of thiophene rings is 1. The van der Waals surface area contributed by atoms with E-state index >= 15 is 0 Å². The highest BCUT2D eigenvalue weighted by Crippen LogP contribution is 2.39. The Kier molecular flexibility index (Phi) is 5.52. The molecule has 0 unspecified atom stereocenters. The lowest BCUT2D eigenvalue weighted by atomic mass is 9.89. The molecule has 0 bridgehead atoms. The minimum Gasteiger partial charge on any atom is -0.354 e. The summed E-state index contributed by atoms with van der Waals surface area (Å²) < 4.78 is 0. The van der Waals surface area contributed by atoms with Crippen LogP contribution in [0.1, 0.15) is 29.3 Å². The van der Waals surface area contributed by atoms with Crippen molar-refractivity contribution in [2.75, 3.05) is 25.5 Å². The Morgan fingerprint density at radius 2 is 2.14 bits per heavy atom. The molecule has 1 atom stereocenters.